The van der Waals surface area contributed by atoms with Crippen LogP contribution in [-0.4, -0.2) is 107 Å². The number of carbonyl (C=O) groups is 7. The second-order valence-electron chi connectivity index (χ2n) is 18.2. The van der Waals surface area contributed by atoms with E-state index in [1.54, 1.807) is 6.92 Å². The number of nitrogens with one attached hydrogen (secondary N) is 4. The van der Waals surface area contributed by atoms with Gasteiger partial charge in [0.25, 0.3) is 5.91 Å². The first-order valence-corrected chi connectivity index (χ1v) is 20.0. The van der Waals surface area contributed by atoms with Crippen molar-refractivity contribution in [1.82, 2.24) is 31.1 Å². The fourth-order valence-corrected chi connectivity index (χ4v) is 9.11. The van der Waals surface area contributed by atoms with Crippen LogP contribution < -0.4 is 21.3 Å². The maximum Gasteiger partial charge on any atom is 0.315 e. The third-order valence-electron chi connectivity index (χ3n) is 12.9. The first-order chi connectivity index (χ1) is 25.0. The van der Waals surface area contributed by atoms with Gasteiger partial charge >= 0.3 is 6.03 Å². The Hall–Kier alpha value is -3.55. The van der Waals surface area contributed by atoms with Crippen molar-refractivity contribution in [3.8, 4) is 0 Å². The number of fused-ring (bicyclic) bond motifs is 5. The Morgan fingerprint density at radius 3 is 2.17 bits per heavy atom. The van der Waals surface area contributed by atoms with Gasteiger partial charge in [-0.15, -0.1) is 0 Å². The minimum Gasteiger partial charge on any atom is -0.376 e. The van der Waals surface area contributed by atoms with Crippen LogP contribution in [0.25, 0.3) is 0 Å². The highest BCUT2D eigenvalue weighted by Gasteiger charge is 2.70. The number of hydrogen-bond donors (Lipinski definition) is 4. The van der Waals surface area contributed by atoms with E-state index < -0.39 is 65.2 Å². The van der Waals surface area contributed by atoms with Gasteiger partial charge in [0, 0.05) is 37.6 Å². The summed E-state index contributed by atoms with van der Waals surface area (Å²) in [6.07, 6.45) is 7.16. The lowest BCUT2D eigenvalue weighted by atomic mass is 9.85. The third kappa shape index (κ3) is 8.42. The minimum absolute atomic E-state index is 0.00122. The molecule has 14 nitrogen and oxygen atoms in total. The van der Waals surface area contributed by atoms with Crippen LogP contribution in [0, 0.1) is 34.5 Å². The predicted octanol–water partition coefficient (Wildman–Crippen LogP) is 2.43. The molecule has 2 unspecified atom stereocenters. The van der Waals surface area contributed by atoms with Crippen LogP contribution in [0.5, 0.6) is 0 Å². The second-order valence-corrected chi connectivity index (χ2v) is 18.2. The summed E-state index contributed by atoms with van der Waals surface area (Å²) >= 11 is 0. The number of carbonyl (C=O) groups excluding carboxylic acids is 7. The fraction of sp³-hybridized carbons (Fsp3) is 0.821. The summed E-state index contributed by atoms with van der Waals surface area (Å²) in [6.45, 7) is 12.3. The number of hydrogen-bond acceptors (Lipinski definition) is 8. The van der Waals surface area contributed by atoms with E-state index in [1.165, 1.54) is 9.80 Å². The van der Waals surface area contributed by atoms with Crippen molar-refractivity contribution in [2.24, 2.45) is 34.5 Å². The Labute approximate surface area is 313 Å². The molecule has 3 aliphatic heterocycles. The van der Waals surface area contributed by atoms with Crippen molar-refractivity contribution < 1.29 is 38.3 Å². The van der Waals surface area contributed by atoms with Crippen LogP contribution in [0.3, 0.4) is 0 Å². The molecule has 0 aromatic heterocycles. The number of rotatable bonds is 7. The van der Waals surface area contributed by atoms with Gasteiger partial charge in [-0.1, -0.05) is 60.3 Å². The third-order valence-corrected chi connectivity index (χ3v) is 12.9. The summed E-state index contributed by atoms with van der Waals surface area (Å²) in [5.74, 6) is -3.14. The number of ketones is 1. The summed E-state index contributed by atoms with van der Waals surface area (Å²) < 4.78 is 6.17. The van der Waals surface area contributed by atoms with E-state index in [-0.39, 0.29) is 53.5 Å². The van der Waals surface area contributed by atoms with Crippen molar-refractivity contribution >= 4 is 41.4 Å². The van der Waals surface area contributed by atoms with Crippen molar-refractivity contribution in [2.75, 3.05) is 19.7 Å². The lowest BCUT2D eigenvalue weighted by molar-refractivity contribution is -0.153. The molecule has 6 aliphatic rings. The van der Waals surface area contributed by atoms with Crippen LogP contribution in [0.15, 0.2) is 0 Å². The highest BCUT2D eigenvalue weighted by molar-refractivity contribution is 6.38. The molecule has 0 spiro atoms. The molecular formula is C39H60N6O8. The lowest BCUT2D eigenvalue weighted by Gasteiger charge is -2.39. The van der Waals surface area contributed by atoms with Gasteiger partial charge < -0.3 is 30.9 Å². The van der Waals surface area contributed by atoms with Crippen LogP contribution in [0.1, 0.15) is 112 Å². The molecular weight excluding hydrogens is 680 g/mol. The van der Waals surface area contributed by atoms with E-state index in [0.717, 1.165) is 38.5 Å². The zero-order chi connectivity index (χ0) is 38.4. The number of piperidine rings is 2. The molecule has 9 atom stereocenters. The van der Waals surface area contributed by atoms with Gasteiger partial charge in [0.1, 0.15) is 12.1 Å². The standard InChI is InChI=1S/C39H60N6O8/c1-21-29(43-37(52)42-27(38(2,3)4)20-45-34(49)22-13-14-23(18-22)35(45)50)36(51)44-19-25-28(39(25,5)6)30(44)32(47)41-26(12-10-8-7-9-11-17-53-21)31(46)33(48)40-24-15-16-24/h21-30H,7-20H2,1-6H3,(H,40,48)(H,41,47)(H2,42,43,52)/t21-,22?,23?,25-,26-,27+,28-,29-,30-/m0/s1. The number of imide groups is 1. The number of urea groups is 1. The maximum atomic E-state index is 14.6. The molecule has 294 valence electrons. The van der Waals surface area contributed by atoms with E-state index >= 15 is 0 Å². The van der Waals surface area contributed by atoms with Gasteiger partial charge in [0.2, 0.25) is 29.4 Å². The number of nitrogens with zero attached hydrogens (tertiary/aromatic N) is 2. The molecule has 14 heteroatoms. The first-order valence-electron chi connectivity index (χ1n) is 20.0. The highest BCUT2D eigenvalue weighted by Crippen LogP contribution is 2.65. The molecule has 53 heavy (non-hydrogen) atoms. The molecule has 4 N–H and O–H groups in total. The molecule has 6 rings (SSSR count). The summed E-state index contributed by atoms with van der Waals surface area (Å²) in [7, 11) is 0. The Kier molecular flexibility index (Phi) is 11.3. The van der Waals surface area contributed by atoms with Gasteiger partial charge in [-0.05, 0) is 74.5 Å². The zero-order valence-corrected chi connectivity index (χ0v) is 32.3. The predicted molar refractivity (Wildman–Crippen MR) is 194 cm³/mol. The quantitative estimate of drug-likeness (QED) is 0.227. The van der Waals surface area contributed by atoms with Crippen molar-refractivity contribution in [1.29, 1.82) is 0 Å². The van der Waals surface area contributed by atoms with E-state index in [0.29, 0.717) is 45.3 Å². The second kappa shape index (κ2) is 15.3. The van der Waals surface area contributed by atoms with Crippen LogP contribution >= 0.6 is 0 Å². The summed E-state index contributed by atoms with van der Waals surface area (Å²) in [6, 6.07) is -4.32. The summed E-state index contributed by atoms with van der Waals surface area (Å²) in [5, 5.41) is 11.5. The average Bonchev–Trinajstić information content (AvgIpc) is 3.83. The Bertz CT molecular complexity index is 1470. The number of likely N-dealkylation sites (tertiary alicyclic amines) is 1. The van der Waals surface area contributed by atoms with Crippen LogP contribution in [-0.2, 0) is 33.5 Å². The topological polar surface area (TPSA) is 183 Å². The van der Waals surface area contributed by atoms with Gasteiger partial charge in [0.15, 0.2) is 0 Å². The summed E-state index contributed by atoms with van der Waals surface area (Å²) in [5.41, 5.74) is -0.761. The monoisotopic (exact) mass is 740 g/mol. The molecule has 0 aromatic carbocycles. The minimum atomic E-state index is -1.16. The van der Waals surface area contributed by atoms with Crippen molar-refractivity contribution in [3.63, 3.8) is 0 Å². The van der Waals surface area contributed by atoms with Crippen molar-refractivity contribution in [3.05, 3.63) is 0 Å². The molecule has 3 heterocycles. The zero-order valence-electron chi connectivity index (χ0n) is 32.3. The Morgan fingerprint density at radius 1 is 0.887 bits per heavy atom. The molecule has 3 saturated carbocycles. The van der Waals surface area contributed by atoms with E-state index in [4.69, 9.17) is 4.74 Å². The number of Topliss-reactive ketones (excluding diaryl/α,β-unsaturated/α-hetero) is 1. The largest absolute Gasteiger partial charge is 0.376 e. The van der Waals surface area contributed by atoms with Gasteiger partial charge in [-0.3, -0.25) is 33.7 Å². The fourth-order valence-electron chi connectivity index (χ4n) is 9.11. The number of amides is 7. The average molecular weight is 741 g/mol. The summed E-state index contributed by atoms with van der Waals surface area (Å²) in [4.78, 5) is 98.1. The molecule has 0 aromatic rings. The highest BCUT2D eigenvalue weighted by atomic mass is 16.5. The van der Waals surface area contributed by atoms with E-state index in [1.807, 2.05) is 20.8 Å². The van der Waals surface area contributed by atoms with Gasteiger partial charge in [-0.25, -0.2) is 4.79 Å². The van der Waals surface area contributed by atoms with Gasteiger partial charge in [-0.2, -0.15) is 0 Å². The molecule has 3 aliphatic carbocycles. The first kappa shape index (κ1) is 39.2. The molecule has 3 saturated heterocycles. The molecule has 6 fully saturated rings. The maximum absolute atomic E-state index is 14.6. The Morgan fingerprint density at radius 2 is 1.53 bits per heavy atom. The SMILES string of the molecule is C[C@@H]1OCCCCCCC[C@@H](C(=O)C(=O)NC2CC2)NC(=O)[C@@H]2[C@@H]3[C@H](CN2C(=O)[C@H]1NC(=O)N[C@H](CN1C(=O)C2CCC(C2)C1=O)C(C)(C)C)C3(C)C. The molecule has 7 amide bonds. The van der Waals surface area contributed by atoms with Crippen LogP contribution in [0.4, 0.5) is 4.79 Å². The molecule has 0 radical (unpaired) electrons. The normalized spacial score (nSPS) is 34.1. The van der Waals surface area contributed by atoms with E-state index in [2.05, 4.69) is 35.1 Å². The molecule has 2 bridgehead atoms. The van der Waals surface area contributed by atoms with Crippen LogP contribution in [0.2, 0.25) is 0 Å². The Balaban J connectivity index is 1.21. The number of ether oxygens (including phenoxy) is 1. The van der Waals surface area contributed by atoms with Gasteiger partial charge in [0.05, 0.1) is 18.2 Å². The smallest absolute Gasteiger partial charge is 0.315 e. The van der Waals surface area contributed by atoms with E-state index in [9.17, 15) is 33.6 Å². The lowest BCUT2D eigenvalue weighted by Crippen LogP contribution is -2.63. The van der Waals surface area contributed by atoms with Crippen molar-refractivity contribution in [2.45, 2.75) is 148 Å².